The Morgan fingerprint density at radius 3 is 2.69 bits per heavy atom. The molecule has 1 saturated carbocycles. The highest BCUT2D eigenvalue weighted by Gasteiger charge is 2.41. The number of nitrogens with zero attached hydrogens (tertiary/aromatic N) is 4. The molecule has 11 heteroatoms. The first-order chi connectivity index (χ1) is 12.3. The molecule has 1 N–H and O–H groups in total. The Morgan fingerprint density at radius 1 is 1.38 bits per heavy atom. The highest BCUT2D eigenvalue weighted by atomic mass is 79.9. The number of carbonyl (C=O) groups excluding carboxylic acids is 1. The van der Waals surface area contributed by atoms with Crippen molar-refractivity contribution in [3.05, 3.63) is 33.3 Å². The van der Waals surface area contributed by atoms with Gasteiger partial charge in [-0.25, -0.2) is 0 Å². The van der Waals surface area contributed by atoms with Gasteiger partial charge in [-0.15, -0.1) is 0 Å². The number of alkyl halides is 3. The second-order valence-corrected chi connectivity index (χ2v) is 7.36. The van der Waals surface area contributed by atoms with E-state index >= 15 is 0 Å². The molecule has 1 amide bonds. The van der Waals surface area contributed by atoms with E-state index in [1.165, 1.54) is 4.68 Å². The number of hydrogen-bond donors (Lipinski definition) is 1. The molecule has 1 aliphatic rings. The predicted molar refractivity (Wildman–Crippen MR) is 91.8 cm³/mol. The summed E-state index contributed by atoms with van der Waals surface area (Å²) in [6, 6.07) is 0. The molecular weight excluding hydrogens is 439 g/mol. The van der Waals surface area contributed by atoms with E-state index in [4.69, 9.17) is 11.6 Å². The van der Waals surface area contributed by atoms with E-state index in [9.17, 15) is 18.0 Å². The fourth-order valence-corrected chi connectivity index (χ4v) is 3.34. The summed E-state index contributed by atoms with van der Waals surface area (Å²) in [4.78, 5) is 12.0. The van der Waals surface area contributed by atoms with Crippen molar-refractivity contribution in [2.75, 3.05) is 6.54 Å². The zero-order valence-corrected chi connectivity index (χ0v) is 15.9. The lowest BCUT2D eigenvalue weighted by Crippen LogP contribution is -2.28. The molecule has 0 saturated heterocycles. The monoisotopic (exact) mass is 453 g/mol. The topological polar surface area (TPSA) is 64.7 Å². The van der Waals surface area contributed by atoms with Crippen molar-refractivity contribution < 1.29 is 18.0 Å². The van der Waals surface area contributed by atoms with E-state index < -0.39 is 11.9 Å². The number of amides is 1. The van der Waals surface area contributed by atoms with Crippen LogP contribution in [0.4, 0.5) is 13.2 Å². The lowest BCUT2D eigenvalue weighted by Gasteiger charge is -2.08. The predicted octanol–water partition coefficient (Wildman–Crippen LogP) is 3.60. The van der Waals surface area contributed by atoms with Gasteiger partial charge in [0.1, 0.15) is 0 Å². The maximum Gasteiger partial charge on any atom is 0.436 e. The highest BCUT2D eigenvalue weighted by molar-refractivity contribution is 9.10. The summed E-state index contributed by atoms with van der Waals surface area (Å²) in [5, 5.41) is 10.0. The quantitative estimate of drug-likeness (QED) is 0.695. The number of aromatic nitrogens is 4. The van der Waals surface area contributed by atoms with Crippen LogP contribution in [-0.4, -0.2) is 32.0 Å². The summed E-state index contributed by atoms with van der Waals surface area (Å²) in [5.41, 5.74) is -0.695. The van der Waals surface area contributed by atoms with Gasteiger partial charge in [-0.3, -0.25) is 14.2 Å². The molecule has 0 aliphatic heterocycles. The molecule has 0 radical (unpaired) electrons. The van der Waals surface area contributed by atoms with E-state index in [2.05, 4.69) is 31.4 Å². The summed E-state index contributed by atoms with van der Waals surface area (Å²) >= 11 is 9.18. The third-order valence-corrected chi connectivity index (χ3v) is 4.76. The van der Waals surface area contributed by atoms with Crippen LogP contribution in [-0.2, 0) is 24.1 Å². The van der Waals surface area contributed by atoms with Crippen LogP contribution in [0.1, 0.15) is 36.6 Å². The van der Waals surface area contributed by atoms with Gasteiger partial charge in [-0.2, -0.15) is 23.4 Å². The minimum atomic E-state index is -4.60. The molecule has 3 rings (SSSR count). The molecule has 1 aliphatic carbocycles. The summed E-state index contributed by atoms with van der Waals surface area (Å²) in [6.07, 6.45) is 0.409. The van der Waals surface area contributed by atoms with Gasteiger partial charge in [0.15, 0.2) is 5.69 Å². The number of hydrogen-bond acceptors (Lipinski definition) is 3. The zero-order valence-electron chi connectivity index (χ0n) is 13.6. The summed E-state index contributed by atoms with van der Waals surface area (Å²) in [6.45, 7) is 0.924. The lowest BCUT2D eigenvalue weighted by molar-refractivity contribution is -0.141. The molecule has 2 heterocycles. The molecule has 6 nitrogen and oxygen atoms in total. The minimum absolute atomic E-state index is 0.00702. The normalized spacial score (nSPS) is 14.7. The van der Waals surface area contributed by atoms with E-state index in [-0.39, 0.29) is 29.8 Å². The third-order valence-electron chi connectivity index (χ3n) is 3.98. The van der Waals surface area contributed by atoms with Crippen molar-refractivity contribution >= 4 is 33.4 Å². The third kappa shape index (κ3) is 4.59. The highest BCUT2D eigenvalue weighted by Crippen LogP contribution is 2.46. The molecule has 0 unspecified atom stereocenters. The van der Waals surface area contributed by atoms with E-state index in [1.54, 1.807) is 17.1 Å². The van der Waals surface area contributed by atoms with Gasteiger partial charge >= 0.3 is 6.18 Å². The number of rotatable bonds is 7. The molecule has 0 atom stereocenters. The largest absolute Gasteiger partial charge is 0.436 e. The first-order valence-electron chi connectivity index (χ1n) is 8.03. The number of carbonyl (C=O) groups is 1. The molecule has 2 aromatic rings. The van der Waals surface area contributed by atoms with Crippen LogP contribution in [0.2, 0.25) is 5.02 Å². The van der Waals surface area contributed by atoms with Crippen molar-refractivity contribution in [1.29, 1.82) is 0 Å². The Labute approximate surface area is 160 Å². The summed E-state index contributed by atoms with van der Waals surface area (Å²) in [5.74, 6) is -0.273. The van der Waals surface area contributed by atoms with Crippen LogP contribution in [0.3, 0.4) is 0 Å². The zero-order chi connectivity index (χ0) is 18.9. The van der Waals surface area contributed by atoms with Gasteiger partial charge in [0.25, 0.3) is 0 Å². The maximum absolute atomic E-state index is 13.0. The summed E-state index contributed by atoms with van der Waals surface area (Å²) in [7, 11) is 0. The van der Waals surface area contributed by atoms with Gasteiger partial charge < -0.3 is 5.32 Å². The van der Waals surface area contributed by atoms with Gasteiger partial charge in [-0.05, 0) is 28.8 Å². The minimum Gasteiger partial charge on any atom is -0.354 e. The Hall–Kier alpha value is -1.55. The second kappa shape index (κ2) is 7.59. The molecule has 0 bridgehead atoms. The van der Waals surface area contributed by atoms with Gasteiger partial charge in [0, 0.05) is 25.1 Å². The second-order valence-electron chi connectivity index (χ2n) is 6.06. The molecule has 0 aromatic carbocycles. The van der Waals surface area contributed by atoms with Gasteiger partial charge in [0.05, 0.1) is 34.5 Å². The van der Waals surface area contributed by atoms with Crippen molar-refractivity contribution in [1.82, 2.24) is 24.9 Å². The lowest BCUT2D eigenvalue weighted by atomic mass is 10.2. The molecule has 2 aromatic heterocycles. The van der Waals surface area contributed by atoms with Crippen molar-refractivity contribution in [2.45, 2.75) is 44.4 Å². The molecule has 1 fully saturated rings. The fourth-order valence-electron chi connectivity index (χ4n) is 2.62. The van der Waals surface area contributed by atoms with E-state index in [0.29, 0.717) is 18.8 Å². The van der Waals surface area contributed by atoms with Gasteiger partial charge in [-0.1, -0.05) is 11.6 Å². The van der Waals surface area contributed by atoms with Crippen LogP contribution in [0.5, 0.6) is 0 Å². The Bertz CT molecular complexity index is 800. The van der Waals surface area contributed by atoms with Crippen LogP contribution < -0.4 is 5.32 Å². The molecule has 26 heavy (non-hydrogen) atoms. The number of aryl methyl sites for hydroxylation is 1. The summed E-state index contributed by atoms with van der Waals surface area (Å²) < 4.78 is 42.7. The van der Waals surface area contributed by atoms with E-state index in [1.807, 2.05) is 0 Å². The fraction of sp³-hybridized carbons (Fsp3) is 0.533. The molecule has 142 valence electrons. The van der Waals surface area contributed by atoms with Crippen LogP contribution in [0, 0.1) is 0 Å². The Balaban J connectivity index is 1.56. The average Bonchev–Trinajstić information content (AvgIpc) is 3.21. The van der Waals surface area contributed by atoms with Crippen molar-refractivity contribution in [2.24, 2.45) is 0 Å². The van der Waals surface area contributed by atoms with E-state index in [0.717, 1.165) is 17.3 Å². The first kappa shape index (κ1) is 19.2. The first-order valence-corrected chi connectivity index (χ1v) is 9.21. The SMILES string of the molecule is O=C(CCn1nc(C(F)(F)F)c(Cl)c1C1CC1)NCCn1cc(Br)cn1. The van der Waals surface area contributed by atoms with Crippen LogP contribution in [0.15, 0.2) is 16.9 Å². The van der Waals surface area contributed by atoms with Gasteiger partial charge in [0.2, 0.25) is 5.91 Å². The van der Waals surface area contributed by atoms with Crippen LogP contribution in [0.25, 0.3) is 0 Å². The number of halogens is 5. The number of nitrogens with one attached hydrogen (secondary N) is 1. The van der Waals surface area contributed by atoms with Crippen molar-refractivity contribution in [3.8, 4) is 0 Å². The standard InChI is InChI=1S/C15H16BrClF3N5O/c16-10-7-22-24(8-10)6-4-21-11(26)3-5-25-13(9-1-2-9)12(17)14(23-25)15(18,19)20/h7-9H,1-6H2,(H,21,26). The van der Waals surface area contributed by atoms with Crippen LogP contribution >= 0.6 is 27.5 Å². The Kier molecular flexibility index (Phi) is 5.61. The Morgan fingerprint density at radius 2 is 2.12 bits per heavy atom. The van der Waals surface area contributed by atoms with Crippen molar-refractivity contribution in [3.63, 3.8) is 0 Å². The average molecular weight is 455 g/mol. The molecule has 0 spiro atoms. The smallest absolute Gasteiger partial charge is 0.354 e. The maximum atomic E-state index is 13.0. The molecular formula is C15H16BrClF3N5O.